The lowest BCUT2D eigenvalue weighted by atomic mass is 9.98. The molecule has 1 atom stereocenters. The van der Waals surface area contributed by atoms with E-state index in [2.05, 4.69) is 5.32 Å². The van der Waals surface area contributed by atoms with E-state index < -0.39 is 12.2 Å². The van der Waals surface area contributed by atoms with Gasteiger partial charge in [-0.3, -0.25) is 5.32 Å². The third-order valence-electron chi connectivity index (χ3n) is 5.54. The van der Waals surface area contributed by atoms with Crippen LogP contribution in [0.25, 0.3) is 10.4 Å². The highest BCUT2D eigenvalue weighted by Gasteiger charge is 2.19. The van der Waals surface area contributed by atoms with Crippen LogP contribution in [0.3, 0.4) is 0 Å². The number of halogens is 2. The fraction of sp³-hybridized carbons (Fsp3) is 0.320. The topological polar surface area (TPSA) is 47.6 Å². The molecule has 4 rings (SSSR count). The third-order valence-corrected chi connectivity index (χ3v) is 7.19. The minimum absolute atomic E-state index is 0.304. The minimum Gasteiger partial charge on any atom is -0.490 e. The van der Waals surface area contributed by atoms with Crippen molar-refractivity contribution in [2.75, 3.05) is 5.32 Å². The van der Waals surface area contributed by atoms with Crippen molar-refractivity contribution in [3.63, 3.8) is 0 Å². The molecule has 0 saturated heterocycles. The van der Waals surface area contributed by atoms with E-state index in [9.17, 15) is 4.79 Å². The summed E-state index contributed by atoms with van der Waals surface area (Å²) in [6.07, 6.45) is 5.25. The molecular formula is C25H25Cl2NO3S. The number of carbonyl (C=O) groups excluding carboxylic acids is 1. The van der Waals surface area contributed by atoms with Gasteiger partial charge in [0.1, 0.15) is 11.9 Å². The van der Waals surface area contributed by atoms with Gasteiger partial charge >= 0.3 is 6.09 Å². The normalized spacial score (nSPS) is 15.2. The lowest BCUT2D eigenvalue weighted by Crippen LogP contribution is -2.19. The maximum atomic E-state index is 12.5. The van der Waals surface area contributed by atoms with Crippen LogP contribution in [0.1, 0.15) is 50.7 Å². The molecule has 4 nitrogen and oxygen atoms in total. The molecule has 1 aromatic heterocycles. The van der Waals surface area contributed by atoms with Crippen LogP contribution in [-0.4, -0.2) is 12.2 Å². The first-order valence-electron chi connectivity index (χ1n) is 10.8. The summed E-state index contributed by atoms with van der Waals surface area (Å²) in [6, 6.07) is 17.0. The minimum atomic E-state index is -0.564. The van der Waals surface area contributed by atoms with Crippen LogP contribution >= 0.6 is 34.5 Å². The Bertz CT molecular complexity index is 1060. The molecule has 32 heavy (non-hydrogen) atoms. The Balaban J connectivity index is 1.43. The first kappa shape index (κ1) is 23.0. The summed E-state index contributed by atoms with van der Waals surface area (Å²) in [5.74, 6) is 0.866. The highest BCUT2D eigenvalue weighted by atomic mass is 35.5. The Labute approximate surface area is 202 Å². The molecule has 1 aliphatic rings. The molecule has 1 saturated carbocycles. The molecule has 1 N–H and O–H groups in total. The van der Waals surface area contributed by atoms with Crippen molar-refractivity contribution in [3.8, 4) is 16.2 Å². The van der Waals surface area contributed by atoms with E-state index in [4.69, 9.17) is 32.7 Å². The predicted molar refractivity (Wildman–Crippen MR) is 132 cm³/mol. The van der Waals surface area contributed by atoms with Crippen LogP contribution in [0.4, 0.5) is 10.5 Å². The van der Waals surface area contributed by atoms with E-state index in [0.29, 0.717) is 21.2 Å². The van der Waals surface area contributed by atoms with Crippen LogP contribution in [0.2, 0.25) is 9.36 Å². The number of rotatable bonds is 6. The standard InChI is InChI=1S/C25H25Cl2NO3S/c1-16(20-9-5-6-10-21(20)26)30-25(29)28-22-15-23(27)32-24(22)17-11-13-19(14-12-17)31-18-7-3-2-4-8-18/h5-6,9-16,18H,2-4,7-8H2,1H3,(H,28,29). The van der Waals surface area contributed by atoms with Crippen LogP contribution in [0, 0.1) is 0 Å². The van der Waals surface area contributed by atoms with Crippen LogP contribution in [0.5, 0.6) is 5.75 Å². The number of anilines is 1. The van der Waals surface area contributed by atoms with Gasteiger partial charge in [0.25, 0.3) is 0 Å². The van der Waals surface area contributed by atoms with Crippen LogP contribution in [-0.2, 0) is 4.74 Å². The number of benzene rings is 2. The van der Waals surface area contributed by atoms with Crippen molar-refractivity contribution in [2.24, 2.45) is 0 Å². The number of thiophene rings is 1. The van der Waals surface area contributed by atoms with Gasteiger partial charge in [-0.15, -0.1) is 11.3 Å². The molecule has 7 heteroatoms. The second-order valence-electron chi connectivity index (χ2n) is 7.89. The van der Waals surface area contributed by atoms with Gasteiger partial charge in [-0.05, 0) is 74.6 Å². The van der Waals surface area contributed by atoms with Crippen LogP contribution < -0.4 is 10.1 Å². The first-order valence-corrected chi connectivity index (χ1v) is 12.4. The lowest BCUT2D eigenvalue weighted by Gasteiger charge is -2.23. The maximum absolute atomic E-state index is 12.5. The van der Waals surface area contributed by atoms with Crippen LogP contribution in [0.15, 0.2) is 54.6 Å². The Hall–Kier alpha value is -2.21. The van der Waals surface area contributed by atoms with Gasteiger partial charge < -0.3 is 9.47 Å². The largest absolute Gasteiger partial charge is 0.490 e. The Kier molecular flexibility index (Phi) is 7.61. The van der Waals surface area contributed by atoms with E-state index in [1.807, 2.05) is 42.5 Å². The second kappa shape index (κ2) is 10.6. The zero-order valence-electron chi connectivity index (χ0n) is 17.8. The molecule has 1 heterocycles. The van der Waals surface area contributed by atoms with Crippen molar-refractivity contribution in [1.29, 1.82) is 0 Å². The van der Waals surface area contributed by atoms with Gasteiger partial charge in [-0.2, -0.15) is 0 Å². The number of hydrogen-bond donors (Lipinski definition) is 1. The number of carbonyl (C=O) groups is 1. The average molecular weight is 490 g/mol. The lowest BCUT2D eigenvalue weighted by molar-refractivity contribution is 0.121. The third kappa shape index (κ3) is 5.77. The number of amides is 1. The van der Waals surface area contributed by atoms with E-state index in [1.165, 1.54) is 30.6 Å². The molecule has 1 unspecified atom stereocenters. The van der Waals surface area contributed by atoms with Gasteiger partial charge in [0.15, 0.2) is 0 Å². The molecule has 0 bridgehead atoms. The van der Waals surface area contributed by atoms with E-state index in [-0.39, 0.29) is 0 Å². The van der Waals surface area contributed by atoms with E-state index in [1.54, 1.807) is 19.1 Å². The number of ether oxygens (including phenoxy) is 2. The molecule has 0 radical (unpaired) electrons. The smallest absolute Gasteiger partial charge is 0.412 e. The van der Waals surface area contributed by atoms with Crippen molar-refractivity contribution in [2.45, 2.75) is 51.2 Å². The predicted octanol–water partition coefficient (Wildman–Crippen LogP) is 8.74. The Morgan fingerprint density at radius 2 is 1.78 bits per heavy atom. The van der Waals surface area contributed by atoms with Gasteiger partial charge in [0, 0.05) is 10.6 Å². The summed E-state index contributed by atoms with van der Waals surface area (Å²) in [6.45, 7) is 1.79. The fourth-order valence-electron chi connectivity index (χ4n) is 3.90. The quantitative estimate of drug-likeness (QED) is 0.376. The Morgan fingerprint density at radius 3 is 2.50 bits per heavy atom. The summed E-state index contributed by atoms with van der Waals surface area (Å²) in [5, 5.41) is 3.38. The van der Waals surface area contributed by atoms with E-state index in [0.717, 1.165) is 34.6 Å². The molecule has 3 aromatic rings. The Morgan fingerprint density at radius 1 is 1.06 bits per heavy atom. The average Bonchev–Trinajstić information content (AvgIpc) is 3.15. The highest BCUT2D eigenvalue weighted by molar-refractivity contribution is 7.20. The maximum Gasteiger partial charge on any atom is 0.412 e. The van der Waals surface area contributed by atoms with Gasteiger partial charge in [-0.25, -0.2) is 4.79 Å². The number of nitrogens with one attached hydrogen (secondary N) is 1. The molecular weight excluding hydrogens is 465 g/mol. The molecule has 0 spiro atoms. The molecule has 2 aromatic carbocycles. The van der Waals surface area contributed by atoms with E-state index >= 15 is 0 Å². The molecule has 1 amide bonds. The monoisotopic (exact) mass is 489 g/mol. The van der Waals surface area contributed by atoms with Gasteiger partial charge in [-0.1, -0.05) is 47.8 Å². The molecule has 168 valence electrons. The summed E-state index contributed by atoms with van der Waals surface area (Å²) in [4.78, 5) is 13.4. The van der Waals surface area contributed by atoms with Crippen molar-refractivity contribution >= 4 is 46.3 Å². The van der Waals surface area contributed by atoms with Gasteiger partial charge in [0.2, 0.25) is 0 Å². The second-order valence-corrected chi connectivity index (χ2v) is 9.98. The summed E-state index contributed by atoms with van der Waals surface area (Å²) >= 11 is 13.9. The SMILES string of the molecule is CC(OC(=O)Nc1cc(Cl)sc1-c1ccc(OC2CCCCC2)cc1)c1ccccc1Cl. The molecule has 1 aliphatic carbocycles. The van der Waals surface area contributed by atoms with Crippen molar-refractivity contribution in [3.05, 3.63) is 69.5 Å². The van der Waals surface area contributed by atoms with Gasteiger partial charge in [0.05, 0.1) is 21.0 Å². The zero-order chi connectivity index (χ0) is 22.5. The molecule has 0 aliphatic heterocycles. The number of hydrogen-bond acceptors (Lipinski definition) is 4. The van der Waals surface area contributed by atoms with Crippen molar-refractivity contribution < 1.29 is 14.3 Å². The summed E-state index contributed by atoms with van der Waals surface area (Å²) < 4.78 is 12.2. The molecule has 1 fully saturated rings. The highest BCUT2D eigenvalue weighted by Crippen LogP contribution is 2.40. The summed E-state index contributed by atoms with van der Waals surface area (Å²) in [5.41, 5.74) is 2.31. The van der Waals surface area contributed by atoms with Crippen molar-refractivity contribution in [1.82, 2.24) is 0 Å². The summed E-state index contributed by atoms with van der Waals surface area (Å²) in [7, 11) is 0. The fourth-order valence-corrected chi connectivity index (χ4v) is 5.37. The zero-order valence-corrected chi connectivity index (χ0v) is 20.1. The first-order chi connectivity index (χ1) is 15.5.